The Morgan fingerprint density at radius 1 is 1.53 bits per heavy atom. The van der Waals surface area contributed by atoms with Gasteiger partial charge in [0.05, 0.1) is 19.3 Å². The van der Waals surface area contributed by atoms with Crippen LogP contribution in [0.3, 0.4) is 0 Å². The summed E-state index contributed by atoms with van der Waals surface area (Å²) in [6.45, 7) is 0.816. The zero-order valence-electron chi connectivity index (χ0n) is 9.83. The van der Waals surface area contributed by atoms with Crippen molar-refractivity contribution in [3.05, 3.63) is 23.8 Å². The molecule has 17 heavy (non-hydrogen) atoms. The third-order valence-electron chi connectivity index (χ3n) is 3.76. The summed E-state index contributed by atoms with van der Waals surface area (Å²) in [5, 5.41) is 3.34. The summed E-state index contributed by atoms with van der Waals surface area (Å²) in [6.07, 6.45) is 0.476. The number of fused-ring (bicyclic) bond motifs is 1. The molecule has 0 aromatic heterocycles. The first-order chi connectivity index (χ1) is 8.23. The molecule has 4 heteroatoms. The van der Waals surface area contributed by atoms with E-state index in [0.29, 0.717) is 19.4 Å². The lowest BCUT2D eigenvalue weighted by Gasteiger charge is -2.37. The number of benzene rings is 1. The van der Waals surface area contributed by atoms with E-state index >= 15 is 0 Å². The molecule has 3 rings (SSSR count). The van der Waals surface area contributed by atoms with Crippen LogP contribution in [0.15, 0.2) is 18.2 Å². The summed E-state index contributed by atoms with van der Waals surface area (Å²) in [7, 11) is 1.65. The number of halogens is 1. The Morgan fingerprint density at radius 2 is 2.41 bits per heavy atom. The maximum atomic E-state index is 14.1. The van der Waals surface area contributed by atoms with Crippen molar-refractivity contribution in [1.29, 1.82) is 0 Å². The topological polar surface area (TPSA) is 30.5 Å². The van der Waals surface area contributed by atoms with E-state index in [2.05, 4.69) is 5.32 Å². The van der Waals surface area contributed by atoms with Gasteiger partial charge in [0.1, 0.15) is 11.9 Å². The van der Waals surface area contributed by atoms with Crippen molar-refractivity contribution >= 4 is 5.69 Å². The Labute approximate surface area is 99.9 Å². The predicted molar refractivity (Wildman–Crippen MR) is 63.4 cm³/mol. The first-order valence-corrected chi connectivity index (χ1v) is 5.90. The highest BCUT2D eigenvalue weighted by atomic mass is 19.1. The monoisotopic (exact) mass is 237 g/mol. The molecule has 2 heterocycles. The van der Waals surface area contributed by atoms with Crippen molar-refractivity contribution in [2.75, 3.05) is 25.6 Å². The largest absolute Gasteiger partial charge is 0.497 e. The Hall–Kier alpha value is -1.29. The second-order valence-electron chi connectivity index (χ2n) is 4.77. The molecule has 1 saturated heterocycles. The van der Waals surface area contributed by atoms with E-state index in [1.165, 1.54) is 0 Å². The number of hydrogen-bond donors (Lipinski definition) is 1. The fourth-order valence-electron chi connectivity index (χ4n) is 2.71. The second-order valence-corrected chi connectivity index (χ2v) is 4.77. The highest BCUT2D eigenvalue weighted by Gasteiger charge is 2.46. The van der Waals surface area contributed by atoms with Crippen molar-refractivity contribution < 1.29 is 13.9 Å². The molecule has 0 saturated carbocycles. The first-order valence-electron chi connectivity index (χ1n) is 5.90. The molecule has 0 radical (unpaired) electrons. The van der Waals surface area contributed by atoms with Gasteiger partial charge in [0.15, 0.2) is 0 Å². The number of hydrogen-bond acceptors (Lipinski definition) is 3. The lowest BCUT2D eigenvalue weighted by Crippen LogP contribution is -2.52. The molecule has 2 aliphatic rings. The summed E-state index contributed by atoms with van der Waals surface area (Å²) >= 11 is 0. The van der Waals surface area contributed by atoms with Crippen LogP contribution < -0.4 is 10.1 Å². The molecule has 1 fully saturated rings. The Morgan fingerprint density at radius 3 is 3.18 bits per heavy atom. The highest BCUT2D eigenvalue weighted by molar-refractivity contribution is 5.61. The van der Waals surface area contributed by atoms with Gasteiger partial charge >= 0.3 is 0 Å². The molecule has 1 aromatic rings. The molecule has 2 atom stereocenters. The minimum atomic E-state index is -0.949. The lowest BCUT2D eigenvalue weighted by molar-refractivity contribution is -0.00544. The molecule has 2 aliphatic heterocycles. The second kappa shape index (κ2) is 3.88. The van der Waals surface area contributed by atoms with Crippen molar-refractivity contribution in [2.24, 2.45) is 0 Å². The highest BCUT2D eigenvalue weighted by Crippen LogP contribution is 2.40. The van der Waals surface area contributed by atoms with E-state index in [0.717, 1.165) is 17.0 Å². The fraction of sp³-hybridized carbons (Fsp3) is 0.538. The molecule has 1 N–H and O–H groups in total. The van der Waals surface area contributed by atoms with Gasteiger partial charge in [0.25, 0.3) is 0 Å². The van der Waals surface area contributed by atoms with Crippen LogP contribution in [0.1, 0.15) is 12.0 Å². The minimum Gasteiger partial charge on any atom is -0.497 e. The Bertz CT molecular complexity index is 437. The van der Waals surface area contributed by atoms with Crippen LogP contribution >= 0.6 is 0 Å². The Balaban J connectivity index is 1.90. The fourth-order valence-corrected chi connectivity index (χ4v) is 2.71. The van der Waals surface area contributed by atoms with E-state index in [1.54, 1.807) is 7.11 Å². The number of ether oxygens (including phenoxy) is 2. The molecule has 92 valence electrons. The summed E-state index contributed by atoms with van der Waals surface area (Å²) in [6, 6.07) is 5.85. The molecule has 0 bridgehead atoms. The number of nitrogens with one attached hydrogen (secondary N) is 1. The van der Waals surface area contributed by atoms with Crippen LogP contribution in [-0.4, -0.2) is 32.0 Å². The maximum Gasteiger partial charge on any atom is 0.147 e. The van der Waals surface area contributed by atoms with Gasteiger partial charge < -0.3 is 14.8 Å². The molecule has 1 aromatic carbocycles. The van der Waals surface area contributed by atoms with E-state index in [9.17, 15) is 4.39 Å². The molecule has 0 amide bonds. The predicted octanol–water partition coefficient (Wildman–Crippen LogP) is 2.16. The van der Waals surface area contributed by atoms with Crippen LogP contribution in [0, 0.1) is 0 Å². The lowest BCUT2D eigenvalue weighted by atomic mass is 9.85. The molecule has 0 aliphatic carbocycles. The summed E-state index contributed by atoms with van der Waals surface area (Å²) in [5.74, 6) is 0.824. The molecule has 2 unspecified atom stereocenters. The smallest absolute Gasteiger partial charge is 0.147 e. The van der Waals surface area contributed by atoms with Crippen molar-refractivity contribution in [1.82, 2.24) is 0 Å². The first kappa shape index (κ1) is 10.8. The van der Waals surface area contributed by atoms with Gasteiger partial charge in [0, 0.05) is 18.7 Å². The quantitative estimate of drug-likeness (QED) is 0.812. The van der Waals surface area contributed by atoms with Gasteiger partial charge in [-0.2, -0.15) is 0 Å². The van der Waals surface area contributed by atoms with Crippen molar-refractivity contribution in [2.45, 2.75) is 24.6 Å². The molecular weight excluding hydrogens is 221 g/mol. The number of anilines is 1. The third kappa shape index (κ3) is 1.67. The third-order valence-corrected chi connectivity index (χ3v) is 3.76. The normalized spacial score (nSPS) is 31.1. The van der Waals surface area contributed by atoms with E-state index < -0.39 is 11.7 Å². The summed E-state index contributed by atoms with van der Waals surface area (Å²) < 4.78 is 24.4. The zero-order valence-corrected chi connectivity index (χ0v) is 9.83. The number of alkyl halides is 1. The van der Waals surface area contributed by atoms with Gasteiger partial charge in [0.2, 0.25) is 0 Å². The number of rotatable bonds is 1. The SMILES string of the molecule is COc1ccc2c(c1)CC1(CCOCC1F)N2. The summed E-state index contributed by atoms with van der Waals surface area (Å²) in [5.41, 5.74) is 1.69. The molecule has 1 spiro atoms. The summed E-state index contributed by atoms with van der Waals surface area (Å²) in [4.78, 5) is 0. The van der Waals surface area contributed by atoms with Gasteiger partial charge in [-0.25, -0.2) is 4.39 Å². The Kier molecular flexibility index (Phi) is 2.47. The number of methoxy groups -OCH3 is 1. The van der Waals surface area contributed by atoms with Crippen LogP contribution in [0.5, 0.6) is 5.75 Å². The van der Waals surface area contributed by atoms with Crippen molar-refractivity contribution in [3.63, 3.8) is 0 Å². The minimum absolute atomic E-state index is 0.193. The van der Waals surface area contributed by atoms with Gasteiger partial charge in [-0.05, 0) is 30.2 Å². The zero-order chi connectivity index (χ0) is 11.9. The van der Waals surface area contributed by atoms with Gasteiger partial charge in [-0.1, -0.05) is 0 Å². The van der Waals surface area contributed by atoms with E-state index in [1.807, 2.05) is 18.2 Å². The molecule has 3 nitrogen and oxygen atoms in total. The van der Waals surface area contributed by atoms with Gasteiger partial charge in [-0.15, -0.1) is 0 Å². The van der Waals surface area contributed by atoms with E-state index in [4.69, 9.17) is 9.47 Å². The van der Waals surface area contributed by atoms with Crippen LogP contribution in [0.25, 0.3) is 0 Å². The average Bonchev–Trinajstić information content (AvgIpc) is 2.71. The van der Waals surface area contributed by atoms with Crippen LogP contribution in [-0.2, 0) is 11.2 Å². The van der Waals surface area contributed by atoms with Crippen LogP contribution in [0.4, 0.5) is 10.1 Å². The van der Waals surface area contributed by atoms with Gasteiger partial charge in [-0.3, -0.25) is 0 Å². The van der Waals surface area contributed by atoms with Crippen molar-refractivity contribution in [3.8, 4) is 5.75 Å². The molecular formula is C13H16FNO2. The van der Waals surface area contributed by atoms with Crippen LogP contribution in [0.2, 0.25) is 0 Å². The maximum absolute atomic E-state index is 14.1. The van der Waals surface area contributed by atoms with E-state index in [-0.39, 0.29) is 6.61 Å². The standard InChI is InChI=1S/C13H16FNO2/c1-16-10-2-3-11-9(6-10)7-13(15-11)4-5-17-8-12(13)14/h2-3,6,12,15H,4-5,7-8H2,1H3. The average molecular weight is 237 g/mol.